The molecule has 0 spiro atoms. The molecule has 1 unspecified atom stereocenters. The third kappa shape index (κ3) is 3.71. The SMILES string of the molecule is NC(=O)C1(NC(=O)C2CC(=O)N(c3cccc(Br)c3)C2)CCCCC1. The number of carbonyl (C=O) groups excluding carboxylic acids is 3. The van der Waals surface area contributed by atoms with Gasteiger partial charge < -0.3 is 16.0 Å². The Balaban J connectivity index is 1.71. The Morgan fingerprint density at radius 1 is 1.24 bits per heavy atom. The van der Waals surface area contributed by atoms with E-state index in [0.29, 0.717) is 19.4 Å². The summed E-state index contributed by atoms with van der Waals surface area (Å²) in [6.45, 7) is 0.315. The van der Waals surface area contributed by atoms with Crippen molar-refractivity contribution >= 4 is 39.3 Å². The lowest BCUT2D eigenvalue weighted by atomic mass is 9.80. The maximum Gasteiger partial charge on any atom is 0.243 e. The van der Waals surface area contributed by atoms with Crippen LogP contribution < -0.4 is 16.0 Å². The van der Waals surface area contributed by atoms with Crippen LogP contribution >= 0.6 is 15.9 Å². The molecule has 6 nitrogen and oxygen atoms in total. The van der Waals surface area contributed by atoms with E-state index in [1.165, 1.54) is 0 Å². The van der Waals surface area contributed by atoms with E-state index in [0.717, 1.165) is 29.4 Å². The highest BCUT2D eigenvalue weighted by Crippen LogP contribution is 2.31. The average Bonchev–Trinajstić information content (AvgIpc) is 2.97. The molecule has 3 rings (SSSR count). The maximum absolute atomic E-state index is 12.7. The van der Waals surface area contributed by atoms with Gasteiger partial charge in [-0.15, -0.1) is 0 Å². The summed E-state index contributed by atoms with van der Waals surface area (Å²) >= 11 is 3.39. The Morgan fingerprint density at radius 3 is 2.60 bits per heavy atom. The molecular weight excluding hydrogens is 386 g/mol. The number of rotatable bonds is 4. The van der Waals surface area contributed by atoms with Crippen LogP contribution in [0.5, 0.6) is 0 Å². The molecule has 1 saturated heterocycles. The maximum atomic E-state index is 12.7. The molecule has 7 heteroatoms. The lowest BCUT2D eigenvalue weighted by Gasteiger charge is -2.35. The summed E-state index contributed by atoms with van der Waals surface area (Å²) in [5.74, 6) is -1.29. The van der Waals surface area contributed by atoms with Crippen LogP contribution in [-0.2, 0) is 14.4 Å². The van der Waals surface area contributed by atoms with Gasteiger partial charge >= 0.3 is 0 Å². The van der Waals surface area contributed by atoms with Gasteiger partial charge in [0, 0.05) is 23.1 Å². The molecule has 0 aromatic heterocycles. The number of nitrogens with two attached hydrogens (primary N) is 1. The average molecular weight is 408 g/mol. The third-order valence-corrected chi connectivity index (χ3v) is 5.65. The monoisotopic (exact) mass is 407 g/mol. The Bertz CT molecular complexity index is 701. The highest BCUT2D eigenvalue weighted by Gasteiger charge is 2.43. The zero-order chi connectivity index (χ0) is 18.0. The highest BCUT2D eigenvalue weighted by molar-refractivity contribution is 9.10. The zero-order valence-corrected chi connectivity index (χ0v) is 15.5. The van der Waals surface area contributed by atoms with Crippen LogP contribution in [0.2, 0.25) is 0 Å². The molecule has 1 aliphatic heterocycles. The number of anilines is 1. The van der Waals surface area contributed by atoms with E-state index >= 15 is 0 Å². The molecule has 3 amide bonds. The largest absolute Gasteiger partial charge is 0.368 e. The summed E-state index contributed by atoms with van der Waals surface area (Å²) in [7, 11) is 0. The fourth-order valence-corrected chi connectivity index (χ4v) is 4.09. The van der Waals surface area contributed by atoms with Gasteiger partial charge in [-0.1, -0.05) is 41.3 Å². The number of halogens is 1. The summed E-state index contributed by atoms with van der Waals surface area (Å²) in [6.07, 6.45) is 4.08. The molecule has 1 saturated carbocycles. The second kappa shape index (κ2) is 7.15. The molecule has 3 N–H and O–H groups in total. The van der Waals surface area contributed by atoms with Gasteiger partial charge in [-0.25, -0.2) is 0 Å². The van der Waals surface area contributed by atoms with Crippen molar-refractivity contribution in [2.24, 2.45) is 11.7 Å². The number of hydrogen-bond acceptors (Lipinski definition) is 3. The minimum atomic E-state index is -0.957. The predicted molar refractivity (Wildman–Crippen MR) is 97.8 cm³/mol. The standard InChI is InChI=1S/C18H22BrN3O3/c19-13-5-4-6-14(10-13)22-11-12(9-15(22)23)16(24)21-18(17(20)25)7-2-1-3-8-18/h4-6,10,12H,1-3,7-9,11H2,(H2,20,25)(H,21,24). The Kier molecular flexibility index (Phi) is 5.13. The van der Waals surface area contributed by atoms with E-state index in [1.807, 2.05) is 24.3 Å². The van der Waals surface area contributed by atoms with E-state index in [2.05, 4.69) is 21.2 Å². The molecule has 1 aliphatic carbocycles. The van der Waals surface area contributed by atoms with E-state index in [9.17, 15) is 14.4 Å². The van der Waals surface area contributed by atoms with Gasteiger partial charge in [-0.2, -0.15) is 0 Å². The Morgan fingerprint density at radius 2 is 1.96 bits per heavy atom. The van der Waals surface area contributed by atoms with Crippen molar-refractivity contribution in [3.63, 3.8) is 0 Å². The topological polar surface area (TPSA) is 92.5 Å². The van der Waals surface area contributed by atoms with Crippen LogP contribution in [0.3, 0.4) is 0 Å². The molecule has 1 atom stereocenters. The van der Waals surface area contributed by atoms with Gasteiger partial charge in [-0.05, 0) is 31.0 Å². The summed E-state index contributed by atoms with van der Waals surface area (Å²) in [5, 5.41) is 2.88. The highest BCUT2D eigenvalue weighted by atomic mass is 79.9. The van der Waals surface area contributed by atoms with Crippen LogP contribution in [0.25, 0.3) is 0 Å². The van der Waals surface area contributed by atoms with Crippen molar-refractivity contribution in [1.29, 1.82) is 0 Å². The first-order valence-corrected chi connectivity index (χ1v) is 9.38. The molecule has 1 aromatic rings. The Labute approximate surface area is 155 Å². The van der Waals surface area contributed by atoms with Crippen LogP contribution in [0.15, 0.2) is 28.7 Å². The quantitative estimate of drug-likeness (QED) is 0.799. The van der Waals surface area contributed by atoms with Crippen LogP contribution in [0, 0.1) is 5.92 Å². The van der Waals surface area contributed by atoms with E-state index in [1.54, 1.807) is 4.90 Å². The fourth-order valence-electron chi connectivity index (χ4n) is 3.70. The summed E-state index contributed by atoms with van der Waals surface area (Å²) in [4.78, 5) is 38.6. The van der Waals surface area contributed by atoms with Crippen molar-refractivity contribution in [2.75, 3.05) is 11.4 Å². The fraction of sp³-hybridized carbons (Fsp3) is 0.500. The van der Waals surface area contributed by atoms with Gasteiger partial charge in [0.15, 0.2) is 0 Å². The van der Waals surface area contributed by atoms with Gasteiger partial charge in [0.1, 0.15) is 5.54 Å². The third-order valence-electron chi connectivity index (χ3n) is 5.16. The molecule has 1 aromatic carbocycles. The number of primary amides is 1. The lowest BCUT2D eigenvalue weighted by Crippen LogP contribution is -2.59. The first kappa shape index (κ1) is 17.9. The van der Waals surface area contributed by atoms with Crippen molar-refractivity contribution in [3.05, 3.63) is 28.7 Å². The predicted octanol–water partition coefficient (Wildman–Crippen LogP) is 2.11. The molecule has 134 valence electrons. The lowest BCUT2D eigenvalue weighted by molar-refractivity contribution is -0.135. The zero-order valence-electron chi connectivity index (χ0n) is 14.0. The van der Waals surface area contributed by atoms with Crippen LogP contribution in [0.1, 0.15) is 38.5 Å². The molecule has 0 bridgehead atoms. The normalized spacial score (nSPS) is 22.7. The second-order valence-electron chi connectivity index (χ2n) is 6.88. The minimum absolute atomic E-state index is 0.0879. The molecule has 2 fully saturated rings. The van der Waals surface area contributed by atoms with Crippen LogP contribution in [0.4, 0.5) is 5.69 Å². The first-order chi connectivity index (χ1) is 11.9. The van der Waals surface area contributed by atoms with E-state index in [4.69, 9.17) is 5.73 Å². The molecule has 25 heavy (non-hydrogen) atoms. The van der Waals surface area contributed by atoms with Gasteiger partial charge in [-0.3, -0.25) is 14.4 Å². The van der Waals surface area contributed by atoms with Gasteiger partial charge in [0.05, 0.1) is 5.92 Å². The molecule has 1 heterocycles. The number of nitrogens with zero attached hydrogens (tertiary/aromatic N) is 1. The van der Waals surface area contributed by atoms with Crippen molar-refractivity contribution < 1.29 is 14.4 Å². The first-order valence-electron chi connectivity index (χ1n) is 8.59. The number of hydrogen-bond donors (Lipinski definition) is 2. The summed E-state index contributed by atoms with van der Waals surface area (Å²) < 4.78 is 0.876. The van der Waals surface area contributed by atoms with E-state index < -0.39 is 17.4 Å². The van der Waals surface area contributed by atoms with Crippen LogP contribution in [-0.4, -0.2) is 29.8 Å². The van der Waals surface area contributed by atoms with E-state index in [-0.39, 0.29) is 18.2 Å². The van der Waals surface area contributed by atoms with Crippen molar-refractivity contribution in [1.82, 2.24) is 5.32 Å². The second-order valence-corrected chi connectivity index (χ2v) is 7.80. The summed E-state index contributed by atoms with van der Waals surface area (Å²) in [5.41, 5.74) is 5.38. The number of carbonyl (C=O) groups is 3. The summed E-state index contributed by atoms with van der Waals surface area (Å²) in [6, 6.07) is 7.43. The molecular formula is C18H22BrN3O3. The van der Waals surface area contributed by atoms with Crippen molar-refractivity contribution in [3.8, 4) is 0 Å². The number of nitrogens with one attached hydrogen (secondary N) is 1. The molecule has 0 radical (unpaired) electrons. The number of benzene rings is 1. The van der Waals surface area contributed by atoms with Crippen molar-refractivity contribution in [2.45, 2.75) is 44.1 Å². The van der Waals surface area contributed by atoms with Gasteiger partial charge in [0.25, 0.3) is 0 Å². The number of amides is 3. The Hall–Kier alpha value is -1.89. The smallest absolute Gasteiger partial charge is 0.243 e. The van der Waals surface area contributed by atoms with Gasteiger partial charge in [0.2, 0.25) is 17.7 Å². The minimum Gasteiger partial charge on any atom is -0.368 e. The molecule has 2 aliphatic rings.